The van der Waals surface area contributed by atoms with Crippen LogP contribution in [-0.2, 0) is 0 Å². The molecule has 1 heterocycles. The molecule has 0 aliphatic rings. The molecule has 0 N–H and O–H groups in total. The normalized spacial score (nSPS) is 11.2. The zero-order valence-electron chi connectivity index (χ0n) is 9.82. The number of carbonyl (C=O) groups excluding carboxylic acids is 1. The molecule has 0 unspecified atom stereocenters. The number of aromatic nitrogens is 1. The highest BCUT2D eigenvalue weighted by atomic mass is 35.5. The molecule has 0 aliphatic heterocycles. The summed E-state index contributed by atoms with van der Waals surface area (Å²) in [4.78, 5) is 14.7. The van der Waals surface area contributed by atoms with Gasteiger partial charge >= 0.3 is 6.36 Å². The van der Waals surface area contributed by atoms with Crippen LogP contribution in [0.5, 0.6) is 5.75 Å². The molecule has 1 aromatic heterocycles. The third-order valence-electron chi connectivity index (χ3n) is 2.40. The third-order valence-corrected chi connectivity index (χ3v) is 2.60. The minimum atomic E-state index is -4.74. The van der Waals surface area contributed by atoms with Crippen LogP contribution in [0.2, 0.25) is 5.02 Å². The lowest BCUT2D eigenvalue weighted by atomic mass is 10.0. The number of pyridine rings is 1. The predicted molar refractivity (Wildman–Crippen MR) is 66.8 cm³/mol. The smallest absolute Gasteiger partial charge is 0.406 e. The molecule has 0 saturated heterocycles. The summed E-state index contributed by atoms with van der Waals surface area (Å²) in [5.74, 6) is -0.344. The van der Waals surface area contributed by atoms with E-state index in [9.17, 15) is 18.0 Å². The molecule has 0 spiro atoms. The van der Waals surface area contributed by atoms with Crippen molar-refractivity contribution in [1.29, 1.82) is 0 Å². The molecule has 0 fully saturated rings. The largest absolute Gasteiger partial charge is 0.573 e. The Labute approximate surface area is 117 Å². The maximum atomic E-state index is 12.0. The standard InChI is InChI=1S/C13H7ClF3NO2/c14-9-5-11(12(7-19)18-6-9)8-1-3-10(4-2-8)20-13(15,16)17/h1-7H. The van der Waals surface area contributed by atoms with Gasteiger partial charge in [-0.15, -0.1) is 13.2 Å². The van der Waals surface area contributed by atoms with E-state index < -0.39 is 6.36 Å². The highest BCUT2D eigenvalue weighted by Gasteiger charge is 2.30. The summed E-state index contributed by atoms with van der Waals surface area (Å²) in [6.45, 7) is 0. The molecule has 0 aliphatic carbocycles. The summed E-state index contributed by atoms with van der Waals surface area (Å²) >= 11 is 5.79. The molecule has 0 bridgehead atoms. The summed E-state index contributed by atoms with van der Waals surface area (Å²) in [7, 11) is 0. The van der Waals surface area contributed by atoms with Crippen molar-refractivity contribution in [3.63, 3.8) is 0 Å². The quantitative estimate of drug-likeness (QED) is 0.801. The lowest BCUT2D eigenvalue weighted by Crippen LogP contribution is -2.16. The Balaban J connectivity index is 2.35. The second-order valence-electron chi connectivity index (χ2n) is 3.78. The van der Waals surface area contributed by atoms with Crippen molar-refractivity contribution in [3.8, 4) is 16.9 Å². The van der Waals surface area contributed by atoms with E-state index in [-0.39, 0.29) is 11.4 Å². The number of alkyl halides is 3. The van der Waals surface area contributed by atoms with Crippen LogP contribution in [0.4, 0.5) is 13.2 Å². The van der Waals surface area contributed by atoms with Crippen molar-refractivity contribution in [2.45, 2.75) is 6.36 Å². The van der Waals surface area contributed by atoms with E-state index in [1.165, 1.54) is 24.4 Å². The number of rotatable bonds is 3. The molecule has 1 aromatic carbocycles. The first-order valence-electron chi connectivity index (χ1n) is 5.36. The van der Waals surface area contributed by atoms with Crippen LogP contribution < -0.4 is 4.74 Å². The van der Waals surface area contributed by atoms with E-state index in [2.05, 4.69) is 9.72 Å². The Morgan fingerprint density at radius 2 is 1.85 bits per heavy atom. The first-order chi connectivity index (χ1) is 9.39. The number of ether oxygens (including phenoxy) is 1. The highest BCUT2D eigenvalue weighted by Crippen LogP contribution is 2.28. The molecule has 0 saturated carbocycles. The fraction of sp³-hybridized carbons (Fsp3) is 0.0769. The van der Waals surface area contributed by atoms with Gasteiger partial charge in [0.1, 0.15) is 11.4 Å². The average molecular weight is 302 g/mol. The van der Waals surface area contributed by atoms with Crippen LogP contribution >= 0.6 is 11.6 Å². The van der Waals surface area contributed by atoms with Crippen LogP contribution in [0, 0.1) is 0 Å². The monoisotopic (exact) mass is 301 g/mol. The maximum Gasteiger partial charge on any atom is 0.573 e. The van der Waals surface area contributed by atoms with E-state index in [1.807, 2.05) is 0 Å². The first kappa shape index (κ1) is 14.3. The number of halogens is 4. The molecule has 104 valence electrons. The summed E-state index contributed by atoms with van der Waals surface area (Å²) in [6, 6.07) is 6.59. The molecular formula is C13H7ClF3NO2. The lowest BCUT2D eigenvalue weighted by Gasteiger charge is -2.10. The Morgan fingerprint density at radius 1 is 1.20 bits per heavy atom. The average Bonchev–Trinajstić information content (AvgIpc) is 2.38. The molecule has 0 amide bonds. The van der Waals surface area contributed by atoms with E-state index >= 15 is 0 Å². The minimum absolute atomic E-state index is 0.152. The van der Waals surface area contributed by atoms with Crippen LogP contribution in [0.15, 0.2) is 36.5 Å². The van der Waals surface area contributed by atoms with Gasteiger partial charge in [0.25, 0.3) is 0 Å². The van der Waals surface area contributed by atoms with Crippen molar-refractivity contribution in [3.05, 3.63) is 47.2 Å². The van der Waals surface area contributed by atoms with Crippen molar-refractivity contribution < 1.29 is 22.7 Å². The van der Waals surface area contributed by atoms with Gasteiger partial charge in [-0.1, -0.05) is 23.7 Å². The summed E-state index contributed by atoms with van der Waals surface area (Å²) in [5, 5.41) is 0.321. The minimum Gasteiger partial charge on any atom is -0.406 e. The van der Waals surface area contributed by atoms with Crippen LogP contribution in [0.25, 0.3) is 11.1 Å². The second-order valence-corrected chi connectivity index (χ2v) is 4.21. The van der Waals surface area contributed by atoms with E-state index in [1.54, 1.807) is 0 Å². The fourth-order valence-corrected chi connectivity index (χ4v) is 1.77. The molecule has 2 rings (SSSR count). The maximum absolute atomic E-state index is 12.0. The topological polar surface area (TPSA) is 39.2 Å². The molecular weight excluding hydrogens is 295 g/mol. The zero-order valence-corrected chi connectivity index (χ0v) is 10.6. The van der Waals surface area contributed by atoms with Crippen molar-refractivity contribution in [2.24, 2.45) is 0 Å². The van der Waals surface area contributed by atoms with Crippen LogP contribution in [-0.4, -0.2) is 17.6 Å². The van der Waals surface area contributed by atoms with Crippen molar-refractivity contribution in [1.82, 2.24) is 4.98 Å². The number of carbonyl (C=O) groups is 1. The molecule has 20 heavy (non-hydrogen) atoms. The van der Waals surface area contributed by atoms with E-state index in [0.29, 0.717) is 22.4 Å². The van der Waals surface area contributed by atoms with Gasteiger partial charge in [0.15, 0.2) is 6.29 Å². The van der Waals surface area contributed by atoms with Gasteiger partial charge in [-0.25, -0.2) is 0 Å². The third kappa shape index (κ3) is 3.48. The van der Waals surface area contributed by atoms with Gasteiger partial charge in [-0.3, -0.25) is 9.78 Å². The zero-order chi connectivity index (χ0) is 14.8. The van der Waals surface area contributed by atoms with Gasteiger partial charge in [-0.05, 0) is 23.8 Å². The Bertz CT molecular complexity index is 627. The lowest BCUT2D eigenvalue weighted by molar-refractivity contribution is -0.274. The number of hydrogen-bond acceptors (Lipinski definition) is 3. The van der Waals surface area contributed by atoms with Crippen LogP contribution in [0.1, 0.15) is 10.5 Å². The number of nitrogens with zero attached hydrogens (tertiary/aromatic N) is 1. The first-order valence-corrected chi connectivity index (χ1v) is 5.74. The molecule has 0 radical (unpaired) electrons. The predicted octanol–water partition coefficient (Wildman–Crippen LogP) is 4.11. The van der Waals surface area contributed by atoms with Gasteiger partial charge in [-0.2, -0.15) is 0 Å². The Kier molecular flexibility index (Phi) is 3.94. The van der Waals surface area contributed by atoms with Gasteiger partial charge in [0.05, 0.1) is 5.02 Å². The second kappa shape index (κ2) is 5.50. The van der Waals surface area contributed by atoms with Gasteiger partial charge in [0.2, 0.25) is 0 Å². The highest BCUT2D eigenvalue weighted by molar-refractivity contribution is 6.30. The fourth-order valence-electron chi connectivity index (χ4n) is 1.61. The number of aldehydes is 1. The number of hydrogen-bond donors (Lipinski definition) is 0. The van der Waals surface area contributed by atoms with Crippen molar-refractivity contribution >= 4 is 17.9 Å². The molecule has 2 aromatic rings. The van der Waals surface area contributed by atoms with E-state index in [0.717, 1.165) is 12.1 Å². The molecule has 7 heteroatoms. The molecule has 0 atom stereocenters. The van der Waals surface area contributed by atoms with Crippen LogP contribution in [0.3, 0.4) is 0 Å². The summed E-state index contributed by atoms with van der Waals surface area (Å²) < 4.78 is 39.9. The number of benzene rings is 1. The molecule has 3 nitrogen and oxygen atoms in total. The summed E-state index contributed by atoms with van der Waals surface area (Å²) in [5.41, 5.74) is 1.10. The van der Waals surface area contributed by atoms with Crippen molar-refractivity contribution in [2.75, 3.05) is 0 Å². The van der Waals surface area contributed by atoms with Gasteiger partial charge in [0, 0.05) is 11.8 Å². The Morgan fingerprint density at radius 3 is 2.40 bits per heavy atom. The summed E-state index contributed by atoms with van der Waals surface area (Å²) in [6.07, 6.45) is -2.88. The Hall–Kier alpha value is -2.08. The SMILES string of the molecule is O=Cc1ncc(Cl)cc1-c1ccc(OC(F)(F)F)cc1. The van der Waals surface area contributed by atoms with E-state index in [4.69, 9.17) is 11.6 Å². The van der Waals surface area contributed by atoms with Gasteiger partial charge < -0.3 is 4.74 Å².